The Labute approximate surface area is 273 Å². The van der Waals surface area contributed by atoms with Crippen molar-refractivity contribution < 1.29 is 19.5 Å². The van der Waals surface area contributed by atoms with Crippen molar-refractivity contribution in [3.05, 3.63) is 35.9 Å². The van der Waals surface area contributed by atoms with Gasteiger partial charge < -0.3 is 20.2 Å². The van der Waals surface area contributed by atoms with Gasteiger partial charge in [-0.1, -0.05) is 70.4 Å². The van der Waals surface area contributed by atoms with Crippen molar-refractivity contribution in [3.63, 3.8) is 0 Å². The number of hydrogen-bond donors (Lipinski definition) is 2. The van der Waals surface area contributed by atoms with Crippen LogP contribution in [0.1, 0.15) is 77.7 Å². The van der Waals surface area contributed by atoms with Crippen molar-refractivity contribution in [2.24, 2.45) is 11.3 Å². The molecule has 1 aromatic rings. The van der Waals surface area contributed by atoms with Gasteiger partial charge >= 0.3 is 0 Å². The van der Waals surface area contributed by atoms with E-state index in [0.717, 1.165) is 38.2 Å². The van der Waals surface area contributed by atoms with E-state index in [0.29, 0.717) is 29.7 Å². The number of thioether (sulfide) groups is 2. The zero-order chi connectivity index (χ0) is 31.5. The van der Waals surface area contributed by atoms with Crippen LogP contribution in [0.15, 0.2) is 30.3 Å². The summed E-state index contributed by atoms with van der Waals surface area (Å²) < 4.78 is 0. The second-order valence-electron chi connectivity index (χ2n) is 14.0. The zero-order valence-corrected chi connectivity index (χ0v) is 28.7. The third-order valence-corrected chi connectivity index (χ3v) is 11.3. The number of aliphatic hydroxyl groups excluding tert-OH is 1. The van der Waals surface area contributed by atoms with Gasteiger partial charge in [-0.15, -0.1) is 11.8 Å². The van der Waals surface area contributed by atoms with Crippen LogP contribution in [0, 0.1) is 11.3 Å². The molecule has 0 spiro atoms. The highest BCUT2D eigenvalue weighted by Crippen LogP contribution is 2.29. The quantitative estimate of drug-likeness (QED) is 0.324. The lowest BCUT2D eigenvalue weighted by Crippen LogP contribution is -2.58. The molecule has 1 saturated carbocycles. The lowest BCUT2D eigenvalue weighted by atomic mass is 9.91. The predicted molar refractivity (Wildman–Crippen MR) is 181 cm³/mol. The summed E-state index contributed by atoms with van der Waals surface area (Å²) in [4.78, 5) is 47.0. The molecule has 3 amide bonds. The molecule has 1 aliphatic carbocycles. The summed E-state index contributed by atoms with van der Waals surface area (Å²) in [6.07, 6.45) is 8.38. The van der Waals surface area contributed by atoms with Crippen molar-refractivity contribution in [1.82, 2.24) is 20.0 Å². The molecule has 2 N–H and O–H groups in total. The molecule has 0 aromatic heterocycles. The van der Waals surface area contributed by atoms with E-state index >= 15 is 0 Å². The molecule has 2 atom stereocenters. The van der Waals surface area contributed by atoms with E-state index in [1.165, 1.54) is 37.7 Å². The van der Waals surface area contributed by atoms with E-state index in [1.807, 2.05) is 31.7 Å². The van der Waals surface area contributed by atoms with Crippen molar-refractivity contribution in [2.75, 3.05) is 49.4 Å². The van der Waals surface area contributed by atoms with E-state index < -0.39 is 12.1 Å². The normalized spacial score (nSPS) is 21.3. The summed E-state index contributed by atoms with van der Waals surface area (Å²) in [5.74, 6) is 2.84. The topological polar surface area (TPSA) is 93.2 Å². The van der Waals surface area contributed by atoms with Crippen LogP contribution >= 0.6 is 23.5 Å². The lowest BCUT2D eigenvalue weighted by molar-refractivity contribution is -0.142. The first-order valence-corrected chi connectivity index (χ1v) is 18.9. The van der Waals surface area contributed by atoms with Crippen LogP contribution in [0.25, 0.3) is 0 Å². The monoisotopic (exact) mass is 646 g/mol. The third kappa shape index (κ3) is 10.7. The summed E-state index contributed by atoms with van der Waals surface area (Å²) >= 11 is 3.35. The fourth-order valence-corrected chi connectivity index (χ4v) is 9.07. The minimum absolute atomic E-state index is 0.0126. The van der Waals surface area contributed by atoms with Gasteiger partial charge in [0.2, 0.25) is 17.7 Å². The molecule has 10 heteroatoms. The molecular formula is C34H54N4O4S2. The molecule has 0 radical (unpaired) electrons. The fourth-order valence-electron chi connectivity index (χ4n) is 6.62. The Balaban J connectivity index is 1.42. The minimum atomic E-state index is -0.685. The van der Waals surface area contributed by atoms with Crippen molar-refractivity contribution in [2.45, 2.75) is 96.8 Å². The highest BCUT2D eigenvalue weighted by atomic mass is 32.2. The highest BCUT2D eigenvalue weighted by molar-refractivity contribution is 7.99. The number of carbonyl (C=O) groups excluding carboxylic acids is 3. The first-order valence-electron chi connectivity index (χ1n) is 16.6. The number of nitrogens with one attached hydrogen (secondary N) is 1. The summed E-state index contributed by atoms with van der Waals surface area (Å²) in [5.41, 5.74) is 1.12. The summed E-state index contributed by atoms with van der Waals surface area (Å²) in [6.45, 7) is 8.90. The average molecular weight is 647 g/mol. The van der Waals surface area contributed by atoms with Crippen LogP contribution in [-0.4, -0.2) is 105 Å². The SMILES string of the molecule is CC(C)(C)CC(=O)N1CSC[C@H]1C(=O)N[C@@H](CSCC1CCCCC1)C(=O)N(CCO)C1CCN(Cc2ccccc2)CC1. The molecule has 4 rings (SSSR count). The summed E-state index contributed by atoms with van der Waals surface area (Å²) in [7, 11) is 0. The smallest absolute Gasteiger partial charge is 0.246 e. The maximum absolute atomic E-state index is 14.2. The van der Waals surface area contributed by atoms with Gasteiger partial charge in [-0.05, 0) is 48.3 Å². The van der Waals surface area contributed by atoms with Gasteiger partial charge in [-0.3, -0.25) is 19.3 Å². The Morgan fingerprint density at radius 3 is 2.43 bits per heavy atom. The van der Waals surface area contributed by atoms with E-state index in [-0.39, 0.29) is 42.3 Å². The molecule has 246 valence electrons. The average Bonchev–Trinajstić information content (AvgIpc) is 3.51. The van der Waals surface area contributed by atoms with Crippen LogP contribution in [0.4, 0.5) is 0 Å². The Morgan fingerprint density at radius 2 is 1.77 bits per heavy atom. The molecular weight excluding hydrogens is 593 g/mol. The maximum Gasteiger partial charge on any atom is 0.246 e. The number of amides is 3. The fraction of sp³-hybridized carbons (Fsp3) is 0.735. The van der Waals surface area contributed by atoms with E-state index in [9.17, 15) is 19.5 Å². The van der Waals surface area contributed by atoms with Crippen molar-refractivity contribution >= 4 is 41.2 Å². The van der Waals surface area contributed by atoms with Gasteiger partial charge in [-0.2, -0.15) is 11.8 Å². The number of piperidine rings is 1. The standard InChI is InChI=1S/C34H54N4O4S2/c1-34(2,3)20-31(40)38-25-44-24-30(38)32(41)35-29(23-43-22-27-12-8-5-9-13-27)33(42)37(18-19-39)28-14-16-36(17-15-28)21-26-10-6-4-7-11-26/h4,6-7,10-11,27-30,39H,5,8-9,12-25H2,1-3H3,(H,35,41)/t29-,30-/m0/s1. The van der Waals surface area contributed by atoms with E-state index in [4.69, 9.17) is 0 Å². The van der Waals surface area contributed by atoms with Gasteiger partial charge in [0.1, 0.15) is 12.1 Å². The second-order valence-corrected chi connectivity index (χ2v) is 16.0. The summed E-state index contributed by atoms with van der Waals surface area (Å²) in [6, 6.07) is 9.22. The van der Waals surface area contributed by atoms with Crippen LogP contribution in [0.2, 0.25) is 0 Å². The van der Waals surface area contributed by atoms with Crippen molar-refractivity contribution in [3.8, 4) is 0 Å². The molecule has 1 aromatic carbocycles. The molecule has 8 nitrogen and oxygen atoms in total. The Morgan fingerprint density at radius 1 is 1.07 bits per heavy atom. The molecule has 44 heavy (non-hydrogen) atoms. The zero-order valence-electron chi connectivity index (χ0n) is 27.0. The molecule has 2 heterocycles. The number of likely N-dealkylation sites (tertiary alicyclic amines) is 1. The van der Waals surface area contributed by atoms with Crippen LogP contribution in [-0.2, 0) is 20.9 Å². The van der Waals surface area contributed by atoms with Crippen LogP contribution in [0.5, 0.6) is 0 Å². The van der Waals surface area contributed by atoms with Crippen LogP contribution < -0.4 is 5.32 Å². The second kappa shape index (κ2) is 17.2. The molecule has 2 saturated heterocycles. The van der Waals surface area contributed by atoms with Gasteiger partial charge in [-0.25, -0.2) is 0 Å². The molecule has 3 aliphatic rings. The Bertz CT molecular complexity index is 1060. The first-order chi connectivity index (χ1) is 21.1. The molecule has 0 unspecified atom stereocenters. The van der Waals surface area contributed by atoms with E-state index in [1.54, 1.807) is 28.4 Å². The van der Waals surface area contributed by atoms with Crippen LogP contribution in [0.3, 0.4) is 0 Å². The lowest BCUT2D eigenvalue weighted by Gasteiger charge is -2.40. The maximum atomic E-state index is 14.2. The number of rotatable bonds is 13. The van der Waals surface area contributed by atoms with E-state index in [2.05, 4.69) is 34.5 Å². The summed E-state index contributed by atoms with van der Waals surface area (Å²) in [5, 5.41) is 13.1. The molecule has 0 bridgehead atoms. The predicted octanol–water partition coefficient (Wildman–Crippen LogP) is 4.61. The highest BCUT2D eigenvalue weighted by Gasteiger charge is 2.39. The number of benzene rings is 1. The Hall–Kier alpha value is -1.75. The largest absolute Gasteiger partial charge is 0.395 e. The van der Waals surface area contributed by atoms with Gasteiger partial charge in [0, 0.05) is 50.1 Å². The van der Waals surface area contributed by atoms with Crippen molar-refractivity contribution in [1.29, 1.82) is 0 Å². The van der Waals surface area contributed by atoms with Gasteiger partial charge in [0.05, 0.1) is 12.5 Å². The number of carbonyl (C=O) groups is 3. The minimum Gasteiger partial charge on any atom is -0.395 e. The number of nitrogens with zero attached hydrogens (tertiary/aromatic N) is 3. The molecule has 3 fully saturated rings. The third-order valence-electron chi connectivity index (χ3n) is 9.04. The molecule has 2 aliphatic heterocycles. The van der Waals surface area contributed by atoms with Gasteiger partial charge in [0.15, 0.2) is 0 Å². The number of hydrogen-bond acceptors (Lipinski definition) is 7. The number of aliphatic hydroxyl groups is 1. The first kappa shape index (κ1) is 35.1. The van der Waals surface area contributed by atoms with Gasteiger partial charge in [0.25, 0.3) is 0 Å². The Kier molecular flexibility index (Phi) is 13.8.